The Bertz CT molecular complexity index is 1610. The number of nitrogens with one attached hydrogen (secondary N) is 1. The molecule has 0 aliphatic rings. The van der Waals surface area contributed by atoms with Crippen LogP contribution in [-0.4, -0.2) is 79.3 Å². The zero-order valence-electron chi connectivity index (χ0n) is 27.5. The van der Waals surface area contributed by atoms with Crippen LogP contribution in [0, 0.1) is 0 Å². The van der Waals surface area contributed by atoms with Crippen molar-refractivity contribution >= 4 is 27.5 Å². The molecule has 1 N–H and O–H groups in total. The maximum absolute atomic E-state index is 14.4. The molecule has 0 fully saturated rings. The van der Waals surface area contributed by atoms with Gasteiger partial charge in [-0.1, -0.05) is 19.1 Å². The number of nitrogens with zero attached hydrogens (tertiary/aromatic N) is 2. The lowest BCUT2D eigenvalue weighted by atomic mass is 10.1. The molecule has 0 heterocycles. The van der Waals surface area contributed by atoms with Crippen LogP contribution in [0.5, 0.6) is 28.7 Å². The van der Waals surface area contributed by atoms with Gasteiger partial charge in [-0.25, -0.2) is 8.42 Å². The van der Waals surface area contributed by atoms with E-state index in [1.54, 1.807) is 43.3 Å². The second kappa shape index (κ2) is 16.1. The van der Waals surface area contributed by atoms with Crippen LogP contribution in [0.4, 0.5) is 5.69 Å². The average Bonchev–Trinajstić information content (AvgIpc) is 3.08. The smallest absolute Gasteiger partial charge is 0.265 e. The quantitative estimate of drug-likeness (QED) is 0.240. The zero-order valence-corrected chi connectivity index (χ0v) is 28.3. The van der Waals surface area contributed by atoms with Crippen LogP contribution in [0.3, 0.4) is 0 Å². The molecule has 0 saturated heterocycles. The third kappa shape index (κ3) is 8.33. The number of hydrogen-bond acceptors (Lipinski definition) is 9. The highest BCUT2D eigenvalue weighted by Gasteiger charge is 2.35. The van der Waals surface area contributed by atoms with Crippen LogP contribution in [0.1, 0.15) is 32.8 Å². The van der Waals surface area contributed by atoms with Gasteiger partial charge in [0.2, 0.25) is 11.8 Å². The van der Waals surface area contributed by atoms with E-state index < -0.39 is 28.5 Å². The van der Waals surface area contributed by atoms with Crippen molar-refractivity contribution in [2.24, 2.45) is 0 Å². The summed E-state index contributed by atoms with van der Waals surface area (Å²) in [6.07, 6.45) is 0.690. The van der Waals surface area contributed by atoms with Crippen LogP contribution in [-0.2, 0) is 26.2 Å². The number of rotatable bonds is 16. The molecule has 0 unspecified atom stereocenters. The second-order valence-corrected chi connectivity index (χ2v) is 12.3. The predicted octanol–water partition coefficient (Wildman–Crippen LogP) is 4.26. The highest BCUT2D eigenvalue weighted by Crippen LogP contribution is 2.38. The number of sulfonamides is 1. The molecule has 0 aromatic heterocycles. The number of ether oxygens (including phenoxy) is 5. The van der Waals surface area contributed by atoms with E-state index in [2.05, 4.69) is 5.32 Å². The van der Waals surface area contributed by atoms with E-state index in [9.17, 15) is 18.0 Å². The van der Waals surface area contributed by atoms with Gasteiger partial charge in [-0.05, 0) is 62.2 Å². The van der Waals surface area contributed by atoms with Gasteiger partial charge >= 0.3 is 0 Å². The summed E-state index contributed by atoms with van der Waals surface area (Å²) < 4.78 is 56.7. The van der Waals surface area contributed by atoms with Gasteiger partial charge < -0.3 is 33.9 Å². The first kappa shape index (κ1) is 35.8. The Morgan fingerprint density at radius 3 is 2.02 bits per heavy atom. The van der Waals surface area contributed by atoms with Gasteiger partial charge in [0.1, 0.15) is 29.8 Å². The number of amides is 2. The van der Waals surface area contributed by atoms with Crippen molar-refractivity contribution < 1.29 is 41.7 Å². The molecule has 2 amide bonds. The van der Waals surface area contributed by atoms with Crippen LogP contribution < -0.4 is 33.3 Å². The van der Waals surface area contributed by atoms with Gasteiger partial charge in [0, 0.05) is 24.7 Å². The summed E-state index contributed by atoms with van der Waals surface area (Å²) in [7, 11) is 2.74. The fourth-order valence-corrected chi connectivity index (χ4v) is 6.06. The van der Waals surface area contributed by atoms with Crippen molar-refractivity contribution in [2.75, 3.05) is 46.4 Å². The number of benzene rings is 3. The molecular formula is C33H43N3O9S. The molecule has 46 heavy (non-hydrogen) atoms. The molecule has 3 rings (SSSR count). The van der Waals surface area contributed by atoms with E-state index in [-0.39, 0.29) is 40.6 Å². The molecule has 12 nitrogen and oxygen atoms in total. The van der Waals surface area contributed by atoms with Crippen molar-refractivity contribution in [1.82, 2.24) is 10.2 Å². The molecule has 13 heteroatoms. The summed E-state index contributed by atoms with van der Waals surface area (Å²) in [4.78, 5) is 28.9. The molecule has 2 atom stereocenters. The first-order valence-corrected chi connectivity index (χ1v) is 16.1. The largest absolute Gasteiger partial charge is 0.497 e. The maximum atomic E-state index is 14.4. The fraction of sp³-hybridized carbons (Fsp3) is 0.394. The molecule has 0 radical (unpaired) electrons. The minimum Gasteiger partial charge on any atom is -0.497 e. The minimum atomic E-state index is -4.46. The maximum Gasteiger partial charge on any atom is 0.265 e. The summed E-state index contributed by atoms with van der Waals surface area (Å²) >= 11 is 0. The zero-order chi connectivity index (χ0) is 34.0. The molecule has 0 saturated carbocycles. The number of hydrogen-bond donors (Lipinski definition) is 1. The molecule has 250 valence electrons. The molecule has 3 aromatic carbocycles. The fourth-order valence-electron chi connectivity index (χ4n) is 4.62. The Balaban J connectivity index is 2.17. The van der Waals surface area contributed by atoms with Gasteiger partial charge in [-0.2, -0.15) is 0 Å². The summed E-state index contributed by atoms with van der Waals surface area (Å²) in [6, 6.07) is 14.8. The second-order valence-electron chi connectivity index (χ2n) is 10.4. The standard InChI is InChI=1S/C33H43N3O9S/c1-9-22(2)34-33(38)23(3)35(20-24-11-10-12-25(17-24)41-4)32(37)21-36(28-18-26(42-5)13-15-29(28)43-6)46(39,40)27-14-16-30(44-7)31(19-27)45-8/h10-19,22-23H,9,20-21H2,1-8H3,(H,34,38)/t22-,23+/m1/s1. The monoisotopic (exact) mass is 657 g/mol. The molecule has 0 spiro atoms. The third-order valence-corrected chi connectivity index (χ3v) is 9.29. The molecule has 0 aliphatic heterocycles. The molecular weight excluding hydrogens is 614 g/mol. The van der Waals surface area contributed by atoms with E-state index in [1.165, 1.54) is 64.7 Å². The Hall–Kier alpha value is -4.65. The summed E-state index contributed by atoms with van der Waals surface area (Å²) in [5.74, 6) is 0.587. The normalized spacial score (nSPS) is 12.3. The average molecular weight is 658 g/mol. The summed E-state index contributed by atoms with van der Waals surface area (Å²) in [6.45, 7) is 4.74. The SMILES string of the molecule is CC[C@@H](C)NC(=O)[C@H](C)N(Cc1cccc(OC)c1)C(=O)CN(c1cc(OC)ccc1OC)S(=O)(=O)c1ccc(OC)c(OC)c1. The van der Waals surface area contributed by atoms with E-state index in [4.69, 9.17) is 23.7 Å². The van der Waals surface area contributed by atoms with Gasteiger partial charge in [-0.15, -0.1) is 0 Å². The topological polar surface area (TPSA) is 133 Å². The lowest BCUT2D eigenvalue weighted by molar-refractivity contribution is -0.139. The first-order valence-electron chi connectivity index (χ1n) is 14.6. The third-order valence-electron chi connectivity index (χ3n) is 7.53. The van der Waals surface area contributed by atoms with Crippen LogP contribution in [0.15, 0.2) is 65.6 Å². The van der Waals surface area contributed by atoms with E-state index in [1.807, 2.05) is 13.8 Å². The van der Waals surface area contributed by atoms with Crippen molar-refractivity contribution in [3.63, 3.8) is 0 Å². The molecule has 0 aliphatic carbocycles. The number of carbonyl (C=O) groups excluding carboxylic acids is 2. The van der Waals surface area contributed by atoms with Crippen LogP contribution in [0.25, 0.3) is 0 Å². The van der Waals surface area contributed by atoms with Crippen molar-refractivity contribution in [3.8, 4) is 28.7 Å². The van der Waals surface area contributed by atoms with Gasteiger partial charge in [0.15, 0.2) is 11.5 Å². The highest BCUT2D eigenvalue weighted by atomic mass is 32.2. The Kier molecular flexibility index (Phi) is 12.5. The van der Waals surface area contributed by atoms with Crippen molar-refractivity contribution in [2.45, 2.75) is 50.7 Å². The van der Waals surface area contributed by atoms with Gasteiger partial charge in [0.25, 0.3) is 10.0 Å². The number of anilines is 1. The van der Waals surface area contributed by atoms with Crippen LogP contribution in [0.2, 0.25) is 0 Å². The highest BCUT2D eigenvalue weighted by molar-refractivity contribution is 7.92. The Morgan fingerprint density at radius 2 is 1.41 bits per heavy atom. The van der Waals surface area contributed by atoms with Crippen molar-refractivity contribution in [3.05, 3.63) is 66.2 Å². The summed E-state index contributed by atoms with van der Waals surface area (Å²) in [5.41, 5.74) is 0.743. The van der Waals surface area contributed by atoms with Crippen molar-refractivity contribution in [1.29, 1.82) is 0 Å². The lowest BCUT2D eigenvalue weighted by Crippen LogP contribution is -2.52. The predicted molar refractivity (Wildman–Crippen MR) is 175 cm³/mol. The Morgan fingerprint density at radius 1 is 0.783 bits per heavy atom. The first-order chi connectivity index (χ1) is 21.9. The van der Waals surface area contributed by atoms with E-state index in [0.29, 0.717) is 29.2 Å². The molecule has 3 aromatic rings. The van der Waals surface area contributed by atoms with Gasteiger partial charge in [-0.3, -0.25) is 13.9 Å². The minimum absolute atomic E-state index is 0.00458. The van der Waals surface area contributed by atoms with Crippen LogP contribution >= 0.6 is 0 Å². The summed E-state index contributed by atoms with van der Waals surface area (Å²) in [5, 5.41) is 2.92. The number of methoxy groups -OCH3 is 5. The van der Waals surface area contributed by atoms with Gasteiger partial charge in [0.05, 0.1) is 46.1 Å². The van der Waals surface area contributed by atoms with E-state index in [0.717, 1.165) is 4.31 Å². The van der Waals surface area contributed by atoms with E-state index >= 15 is 0 Å². The number of carbonyl (C=O) groups is 2. The lowest BCUT2D eigenvalue weighted by Gasteiger charge is -2.33. The molecule has 0 bridgehead atoms. The Labute approximate surface area is 271 Å².